The maximum absolute atomic E-state index is 4.56. The number of anilines is 2. The lowest BCUT2D eigenvalue weighted by atomic mass is 10.0. The molecule has 0 spiro atoms. The third-order valence-corrected chi connectivity index (χ3v) is 5.83. The van der Waals surface area contributed by atoms with Gasteiger partial charge in [0.1, 0.15) is 18.0 Å². The topological polar surface area (TPSA) is 49.8 Å². The van der Waals surface area contributed by atoms with Gasteiger partial charge in [0, 0.05) is 18.2 Å². The van der Waals surface area contributed by atoms with Crippen LogP contribution in [-0.2, 0) is 6.42 Å². The first-order chi connectivity index (χ1) is 10.3. The van der Waals surface area contributed by atoms with Gasteiger partial charge in [-0.2, -0.15) is 0 Å². The third kappa shape index (κ3) is 2.11. The summed E-state index contributed by atoms with van der Waals surface area (Å²) in [6, 6.07) is 0.691. The fourth-order valence-electron chi connectivity index (χ4n) is 5.02. The van der Waals surface area contributed by atoms with Crippen LogP contribution in [0.15, 0.2) is 6.33 Å². The Morgan fingerprint density at radius 1 is 1.10 bits per heavy atom. The minimum Gasteiger partial charge on any atom is -0.370 e. The summed E-state index contributed by atoms with van der Waals surface area (Å²) < 4.78 is 0. The Kier molecular flexibility index (Phi) is 3.27. The molecule has 21 heavy (non-hydrogen) atoms. The number of hydrogen-bond donors (Lipinski definition) is 2. The van der Waals surface area contributed by atoms with Crippen molar-refractivity contribution in [3.05, 3.63) is 11.9 Å². The molecule has 0 saturated heterocycles. The average Bonchev–Trinajstić information content (AvgIpc) is 2.88. The van der Waals surface area contributed by atoms with E-state index in [0.29, 0.717) is 6.04 Å². The Morgan fingerprint density at radius 2 is 1.81 bits per heavy atom. The van der Waals surface area contributed by atoms with Gasteiger partial charge in [-0.3, -0.25) is 0 Å². The SMILES string of the molecule is CCCc1c(NCC)ncnc1NC1C2C3CCC(C3)C12. The Balaban J connectivity index is 1.54. The van der Waals surface area contributed by atoms with Crippen LogP contribution in [0, 0.1) is 23.7 Å². The van der Waals surface area contributed by atoms with Crippen molar-refractivity contribution >= 4 is 11.6 Å². The fourth-order valence-corrected chi connectivity index (χ4v) is 5.02. The van der Waals surface area contributed by atoms with E-state index in [2.05, 4.69) is 34.4 Å². The molecule has 0 aromatic carbocycles. The Hall–Kier alpha value is -1.32. The monoisotopic (exact) mass is 286 g/mol. The second kappa shape index (κ2) is 5.15. The van der Waals surface area contributed by atoms with Crippen LogP contribution in [0.4, 0.5) is 11.6 Å². The largest absolute Gasteiger partial charge is 0.370 e. The molecule has 3 saturated carbocycles. The zero-order valence-electron chi connectivity index (χ0n) is 13.1. The van der Waals surface area contributed by atoms with Crippen LogP contribution in [0.1, 0.15) is 45.1 Å². The molecule has 2 bridgehead atoms. The maximum Gasteiger partial charge on any atom is 0.134 e. The van der Waals surface area contributed by atoms with Crippen LogP contribution in [-0.4, -0.2) is 22.6 Å². The minimum atomic E-state index is 0.691. The highest BCUT2D eigenvalue weighted by Crippen LogP contribution is 2.66. The van der Waals surface area contributed by atoms with Gasteiger partial charge >= 0.3 is 0 Å². The van der Waals surface area contributed by atoms with Crippen molar-refractivity contribution in [1.29, 1.82) is 0 Å². The van der Waals surface area contributed by atoms with Gasteiger partial charge in [0.2, 0.25) is 0 Å². The predicted octanol–water partition coefficient (Wildman–Crippen LogP) is 3.32. The molecule has 3 aliphatic carbocycles. The quantitative estimate of drug-likeness (QED) is 0.842. The van der Waals surface area contributed by atoms with E-state index in [4.69, 9.17) is 0 Å². The van der Waals surface area contributed by atoms with E-state index in [9.17, 15) is 0 Å². The molecule has 1 aromatic heterocycles. The zero-order valence-corrected chi connectivity index (χ0v) is 13.1. The van der Waals surface area contributed by atoms with Gasteiger partial charge in [0.15, 0.2) is 0 Å². The van der Waals surface area contributed by atoms with Gasteiger partial charge in [-0.15, -0.1) is 0 Å². The first-order valence-electron chi connectivity index (χ1n) is 8.67. The smallest absolute Gasteiger partial charge is 0.134 e. The van der Waals surface area contributed by atoms with E-state index in [0.717, 1.165) is 54.7 Å². The van der Waals surface area contributed by atoms with Crippen molar-refractivity contribution in [2.45, 2.75) is 52.0 Å². The van der Waals surface area contributed by atoms with Gasteiger partial charge in [0.25, 0.3) is 0 Å². The number of nitrogens with zero attached hydrogens (tertiary/aromatic N) is 2. The summed E-state index contributed by atoms with van der Waals surface area (Å²) in [6.45, 7) is 5.25. The van der Waals surface area contributed by atoms with Gasteiger partial charge in [-0.25, -0.2) is 9.97 Å². The Morgan fingerprint density at radius 3 is 2.48 bits per heavy atom. The highest BCUT2D eigenvalue weighted by Gasteiger charge is 2.65. The highest BCUT2D eigenvalue weighted by molar-refractivity contribution is 5.58. The third-order valence-electron chi connectivity index (χ3n) is 5.83. The van der Waals surface area contributed by atoms with Crippen LogP contribution in [0.5, 0.6) is 0 Å². The van der Waals surface area contributed by atoms with Crippen molar-refractivity contribution in [2.24, 2.45) is 23.7 Å². The minimum absolute atomic E-state index is 0.691. The van der Waals surface area contributed by atoms with E-state index in [-0.39, 0.29) is 0 Å². The summed E-state index contributed by atoms with van der Waals surface area (Å²) in [4.78, 5) is 8.98. The standard InChI is InChI=1S/C17H26N4/c1-3-5-12-16(18-4-2)19-9-20-17(12)21-15-13-10-6-7-11(8-10)14(13)15/h9-11,13-15H,3-8H2,1-2H3,(H2,18,19,20,21). The second-order valence-corrected chi connectivity index (χ2v) is 6.99. The second-order valence-electron chi connectivity index (χ2n) is 6.99. The van der Waals surface area contributed by atoms with E-state index in [1.165, 1.54) is 24.8 Å². The van der Waals surface area contributed by atoms with Crippen molar-refractivity contribution in [3.63, 3.8) is 0 Å². The molecule has 4 nitrogen and oxygen atoms in total. The summed E-state index contributed by atoms with van der Waals surface area (Å²) in [5.41, 5.74) is 1.28. The highest BCUT2D eigenvalue weighted by atomic mass is 15.1. The number of nitrogens with one attached hydrogen (secondary N) is 2. The molecule has 0 amide bonds. The van der Waals surface area contributed by atoms with Crippen LogP contribution >= 0.6 is 0 Å². The zero-order chi connectivity index (χ0) is 14.4. The number of fused-ring (bicyclic) bond motifs is 5. The molecule has 0 radical (unpaired) electrons. The lowest BCUT2D eigenvalue weighted by molar-refractivity contribution is 0.456. The molecule has 3 fully saturated rings. The maximum atomic E-state index is 4.56. The van der Waals surface area contributed by atoms with Gasteiger partial charge in [-0.05, 0) is 56.3 Å². The molecular formula is C17H26N4. The van der Waals surface area contributed by atoms with E-state index < -0.39 is 0 Å². The number of aromatic nitrogens is 2. The summed E-state index contributed by atoms with van der Waals surface area (Å²) in [5, 5.41) is 7.16. The predicted molar refractivity (Wildman–Crippen MR) is 85.4 cm³/mol. The van der Waals surface area contributed by atoms with Crippen molar-refractivity contribution < 1.29 is 0 Å². The molecule has 0 aliphatic heterocycles. The molecular weight excluding hydrogens is 260 g/mol. The summed E-state index contributed by atoms with van der Waals surface area (Å²) in [6.07, 6.45) is 8.31. The summed E-state index contributed by atoms with van der Waals surface area (Å²) in [5.74, 6) is 5.99. The number of rotatable bonds is 6. The van der Waals surface area contributed by atoms with E-state index in [1.54, 1.807) is 6.33 Å². The first kappa shape index (κ1) is 13.4. The number of hydrogen-bond acceptors (Lipinski definition) is 4. The summed E-state index contributed by atoms with van der Waals surface area (Å²) >= 11 is 0. The molecule has 4 unspecified atom stereocenters. The van der Waals surface area contributed by atoms with Crippen LogP contribution in [0.3, 0.4) is 0 Å². The lowest BCUT2D eigenvalue weighted by Crippen LogP contribution is -2.16. The molecule has 114 valence electrons. The van der Waals surface area contributed by atoms with Crippen LogP contribution < -0.4 is 10.6 Å². The molecule has 2 N–H and O–H groups in total. The molecule has 4 atom stereocenters. The Bertz CT molecular complexity index is 514. The van der Waals surface area contributed by atoms with Gasteiger partial charge < -0.3 is 10.6 Å². The molecule has 1 aromatic rings. The first-order valence-corrected chi connectivity index (χ1v) is 8.67. The molecule has 4 heteroatoms. The fraction of sp³-hybridized carbons (Fsp3) is 0.765. The van der Waals surface area contributed by atoms with Crippen molar-refractivity contribution in [2.75, 3.05) is 17.2 Å². The molecule has 4 rings (SSSR count). The molecule has 1 heterocycles. The Labute approximate surface area is 127 Å². The van der Waals surface area contributed by atoms with Crippen LogP contribution in [0.25, 0.3) is 0 Å². The van der Waals surface area contributed by atoms with Crippen LogP contribution in [0.2, 0.25) is 0 Å². The van der Waals surface area contributed by atoms with Gasteiger partial charge in [-0.1, -0.05) is 13.3 Å². The normalized spacial score (nSPS) is 35.6. The molecule has 3 aliphatic rings. The van der Waals surface area contributed by atoms with Crippen molar-refractivity contribution in [1.82, 2.24) is 9.97 Å². The van der Waals surface area contributed by atoms with Crippen molar-refractivity contribution in [3.8, 4) is 0 Å². The van der Waals surface area contributed by atoms with Gasteiger partial charge in [0.05, 0.1) is 0 Å². The van der Waals surface area contributed by atoms with E-state index in [1.807, 2.05) is 0 Å². The average molecular weight is 286 g/mol. The lowest BCUT2D eigenvalue weighted by Gasteiger charge is -2.16. The summed E-state index contributed by atoms with van der Waals surface area (Å²) in [7, 11) is 0. The van der Waals surface area contributed by atoms with E-state index >= 15 is 0 Å².